The van der Waals surface area contributed by atoms with E-state index in [4.69, 9.17) is 9.72 Å². The highest BCUT2D eigenvalue weighted by atomic mass is 16.5. The van der Waals surface area contributed by atoms with E-state index in [9.17, 15) is 14.7 Å². The van der Waals surface area contributed by atoms with Crippen LogP contribution in [0.3, 0.4) is 0 Å². The van der Waals surface area contributed by atoms with E-state index in [0.717, 1.165) is 66.8 Å². The number of nitrogens with zero attached hydrogens (tertiary/aromatic N) is 1. The maximum absolute atomic E-state index is 12.2. The van der Waals surface area contributed by atoms with Gasteiger partial charge in [0, 0.05) is 42.7 Å². The fourth-order valence-electron chi connectivity index (χ4n) is 4.61. The highest BCUT2D eigenvalue weighted by molar-refractivity contribution is 5.87. The molecule has 1 amide bonds. The number of carbonyl (C=O) groups is 2. The van der Waals surface area contributed by atoms with Crippen LogP contribution in [0.2, 0.25) is 0 Å². The van der Waals surface area contributed by atoms with Crippen LogP contribution in [-0.4, -0.2) is 53.2 Å². The fraction of sp³-hybridized carbons (Fsp3) is 0.444. The van der Waals surface area contributed by atoms with Crippen LogP contribution in [0.15, 0.2) is 36.4 Å². The van der Waals surface area contributed by atoms with Gasteiger partial charge in [-0.3, -0.25) is 14.9 Å². The molecule has 1 aliphatic rings. The fourth-order valence-corrected chi connectivity index (χ4v) is 4.61. The van der Waals surface area contributed by atoms with Crippen molar-refractivity contribution in [3.05, 3.63) is 53.3 Å². The number of hydrogen-bond donors (Lipinski definition) is 5. The first-order valence-electron chi connectivity index (χ1n) is 12.6. The summed E-state index contributed by atoms with van der Waals surface area (Å²) in [4.78, 5) is 31.9. The predicted molar refractivity (Wildman–Crippen MR) is 139 cm³/mol. The number of hydrogen-bond acceptors (Lipinski definition) is 6. The van der Waals surface area contributed by atoms with Crippen LogP contribution in [0.4, 0.5) is 5.82 Å². The number of carboxylic acid groups (broad SMARTS) is 1. The molecule has 36 heavy (non-hydrogen) atoms. The monoisotopic (exact) mass is 493 g/mol. The third kappa shape index (κ3) is 6.54. The number of para-hydroxylation sites is 1. The van der Waals surface area contributed by atoms with E-state index in [2.05, 4.69) is 33.1 Å². The summed E-state index contributed by atoms with van der Waals surface area (Å²) in [7, 11) is 1.60. The van der Waals surface area contributed by atoms with Crippen molar-refractivity contribution in [2.45, 2.75) is 57.5 Å². The maximum atomic E-state index is 12.2. The number of carbonyl (C=O) groups excluding carboxylic acids is 1. The summed E-state index contributed by atoms with van der Waals surface area (Å²) in [5.41, 5.74) is 4.05. The van der Waals surface area contributed by atoms with Crippen molar-refractivity contribution in [2.75, 3.05) is 25.5 Å². The molecule has 1 aliphatic heterocycles. The number of H-pyrrole nitrogens is 1. The van der Waals surface area contributed by atoms with Gasteiger partial charge in [0.15, 0.2) is 0 Å². The Hall–Kier alpha value is -3.59. The second-order valence-corrected chi connectivity index (χ2v) is 9.14. The van der Waals surface area contributed by atoms with E-state index >= 15 is 0 Å². The third-order valence-corrected chi connectivity index (χ3v) is 6.55. The summed E-state index contributed by atoms with van der Waals surface area (Å²) in [5, 5.41) is 19.8. The minimum absolute atomic E-state index is 0.0588. The molecule has 0 fully saturated rings. The molecule has 1 unspecified atom stereocenters. The number of aliphatic carboxylic acids is 1. The lowest BCUT2D eigenvalue weighted by Crippen LogP contribution is -2.39. The molecule has 0 saturated carbocycles. The Balaban J connectivity index is 1.16. The van der Waals surface area contributed by atoms with Gasteiger partial charge < -0.3 is 25.5 Å². The van der Waals surface area contributed by atoms with Crippen LogP contribution in [0, 0.1) is 0 Å². The molecule has 0 saturated heterocycles. The first kappa shape index (κ1) is 25.5. The number of pyridine rings is 1. The summed E-state index contributed by atoms with van der Waals surface area (Å²) in [6.07, 6.45) is 5.40. The molecular formula is C27H35N5O4. The Labute approximate surface area is 211 Å². The molecule has 192 valence electrons. The molecule has 1 atom stereocenters. The first-order valence-corrected chi connectivity index (χ1v) is 12.6. The van der Waals surface area contributed by atoms with Gasteiger partial charge in [-0.15, -0.1) is 0 Å². The normalized spacial score (nSPS) is 13.6. The lowest BCUT2D eigenvalue weighted by molar-refractivity contribution is -0.139. The minimum Gasteiger partial charge on any atom is -0.494 e. The minimum atomic E-state index is -0.952. The number of nitrogens with one attached hydrogen (secondary N) is 4. The number of aromatic amines is 1. The van der Waals surface area contributed by atoms with Crippen molar-refractivity contribution in [1.82, 2.24) is 20.6 Å². The van der Waals surface area contributed by atoms with Crippen molar-refractivity contribution in [3.63, 3.8) is 0 Å². The van der Waals surface area contributed by atoms with Crippen molar-refractivity contribution in [1.29, 1.82) is 0 Å². The molecule has 0 spiro atoms. The van der Waals surface area contributed by atoms with Gasteiger partial charge in [-0.2, -0.15) is 0 Å². The molecule has 2 aromatic heterocycles. The molecular weight excluding hydrogens is 458 g/mol. The van der Waals surface area contributed by atoms with Crippen molar-refractivity contribution in [2.24, 2.45) is 0 Å². The molecule has 9 heteroatoms. The number of amides is 1. The summed E-state index contributed by atoms with van der Waals surface area (Å²) in [5.74, 6) is 0.696. The summed E-state index contributed by atoms with van der Waals surface area (Å²) in [6, 6.07) is 11.2. The average molecular weight is 494 g/mol. The number of carboxylic acids is 1. The first-order chi connectivity index (χ1) is 17.5. The molecule has 4 rings (SSSR count). The van der Waals surface area contributed by atoms with E-state index in [1.807, 2.05) is 24.3 Å². The zero-order valence-corrected chi connectivity index (χ0v) is 20.7. The molecule has 5 N–H and O–H groups in total. The van der Waals surface area contributed by atoms with Gasteiger partial charge in [-0.05, 0) is 62.3 Å². The number of aromatic nitrogens is 2. The van der Waals surface area contributed by atoms with Gasteiger partial charge >= 0.3 is 5.97 Å². The molecule has 3 heterocycles. The SMILES string of the molecule is COc1c(CNC(CCNC(=O)CCCCc2ccc3c(n2)NCCC3)C(=O)O)[nH]c2ccccc12. The van der Waals surface area contributed by atoms with E-state index in [0.29, 0.717) is 25.3 Å². The quantitative estimate of drug-likeness (QED) is 0.231. The number of ether oxygens (including phenoxy) is 1. The molecule has 1 aromatic carbocycles. The van der Waals surface area contributed by atoms with Crippen LogP contribution in [-0.2, 0) is 29.0 Å². The van der Waals surface area contributed by atoms with E-state index in [-0.39, 0.29) is 12.3 Å². The lowest BCUT2D eigenvalue weighted by atomic mass is 10.1. The van der Waals surface area contributed by atoms with Crippen molar-refractivity contribution < 1.29 is 19.4 Å². The predicted octanol–water partition coefficient (Wildman–Crippen LogP) is 3.39. The van der Waals surface area contributed by atoms with Gasteiger partial charge in [0.05, 0.1) is 12.8 Å². The highest BCUT2D eigenvalue weighted by Crippen LogP contribution is 2.29. The van der Waals surface area contributed by atoms with E-state index < -0.39 is 12.0 Å². The van der Waals surface area contributed by atoms with Crippen LogP contribution in [0.25, 0.3) is 10.9 Å². The lowest BCUT2D eigenvalue weighted by Gasteiger charge is -2.17. The Morgan fingerprint density at radius 2 is 2.06 bits per heavy atom. The number of unbranched alkanes of at least 4 members (excludes halogenated alkanes) is 1. The number of methoxy groups -OCH3 is 1. The summed E-state index contributed by atoms with van der Waals surface area (Å²) < 4.78 is 5.52. The van der Waals surface area contributed by atoms with Crippen molar-refractivity contribution >= 4 is 28.6 Å². The highest BCUT2D eigenvalue weighted by Gasteiger charge is 2.19. The second-order valence-electron chi connectivity index (χ2n) is 9.14. The Kier molecular flexibility index (Phi) is 8.78. The summed E-state index contributed by atoms with van der Waals surface area (Å²) >= 11 is 0. The standard InChI is InChI=1S/C27H35N5O4/c1-36-25-20-9-3-4-10-21(20)32-23(25)17-30-22(27(34)35)14-16-28-24(33)11-5-2-8-19-13-12-18-7-6-15-29-26(18)31-19/h3-4,9-10,12-13,22,30,32H,2,5-8,11,14-17H2,1H3,(H,28,33)(H,29,31)(H,34,35). The zero-order chi connectivity index (χ0) is 25.3. The topological polar surface area (TPSA) is 128 Å². The molecule has 3 aromatic rings. The van der Waals surface area contributed by atoms with Gasteiger partial charge in [0.2, 0.25) is 5.91 Å². The van der Waals surface area contributed by atoms with Crippen LogP contribution in [0.1, 0.15) is 49.1 Å². The summed E-state index contributed by atoms with van der Waals surface area (Å²) in [6.45, 7) is 1.58. The van der Waals surface area contributed by atoms with Crippen molar-refractivity contribution in [3.8, 4) is 5.75 Å². The van der Waals surface area contributed by atoms with Crippen LogP contribution in [0.5, 0.6) is 5.75 Å². The number of anilines is 1. The van der Waals surface area contributed by atoms with Crippen LogP contribution < -0.4 is 20.7 Å². The van der Waals surface area contributed by atoms with Gasteiger partial charge in [0.1, 0.15) is 17.6 Å². The Bertz CT molecular complexity index is 1190. The third-order valence-electron chi connectivity index (χ3n) is 6.55. The molecule has 0 radical (unpaired) electrons. The second kappa shape index (κ2) is 12.4. The van der Waals surface area contributed by atoms with Gasteiger partial charge in [-0.25, -0.2) is 4.98 Å². The molecule has 0 aliphatic carbocycles. The number of aryl methyl sites for hydroxylation is 2. The van der Waals surface area contributed by atoms with Gasteiger partial charge in [0.25, 0.3) is 0 Å². The largest absolute Gasteiger partial charge is 0.494 e. The maximum Gasteiger partial charge on any atom is 0.320 e. The van der Waals surface area contributed by atoms with Gasteiger partial charge in [-0.1, -0.05) is 18.2 Å². The number of fused-ring (bicyclic) bond motifs is 2. The Morgan fingerprint density at radius 1 is 1.19 bits per heavy atom. The number of benzene rings is 1. The van der Waals surface area contributed by atoms with E-state index in [1.165, 1.54) is 5.56 Å². The average Bonchev–Trinajstić information content (AvgIpc) is 3.25. The molecule has 0 bridgehead atoms. The van der Waals surface area contributed by atoms with E-state index in [1.54, 1.807) is 7.11 Å². The Morgan fingerprint density at radius 3 is 2.89 bits per heavy atom. The smallest absolute Gasteiger partial charge is 0.320 e. The zero-order valence-electron chi connectivity index (χ0n) is 20.7. The number of rotatable bonds is 13. The van der Waals surface area contributed by atoms with Crippen LogP contribution >= 0.6 is 0 Å². The molecule has 9 nitrogen and oxygen atoms in total.